The van der Waals surface area contributed by atoms with Crippen LogP contribution in [0.5, 0.6) is 0 Å². The maximum absolute atomic E-state index is 13.3. The van der Waals surface area contributed by atoms with Crippen LogP contribution in [0.4, 0.5) is 13.2 Å². The van der Waals surface area contributed by atoms with E-state index < -0.39 is 50.7 Å². The predicted octanol–water partition coefficient (Wildman–Crippen LogP) is 2.90. The van der Waals surface area contributed by atoms with E-state index >= 15 is 0 Å². The van der Waals surface area contributed by atoms with E-state index in [0.717, 1.165) is 12.1 Å². The molecule has 0 aliphatic heterocycles. The van der Waals surface area contributed by atoms with Crippen LogP contribution in [0.2, 0.25) is 0 Å². The van der Waals surface area contributed by atoms with Gasteiger partial charge in [0.2, 0.25) is 5.60 Å². The van der Waals surface area contributed by atoms with Crippen molar-refractivity contribution < 1.29 is 45.6 Å². The molecule has 0 aliphatic rings. The molecule has 0 amide bonds. The predicted molar refractivity (Wildman–Crippen MR) is 87.2 cm³/mol. The van der Waals surface area contributed by atoms with Crippen LogP contribution < -0.4 is 0 Å². The number of esters is 1. The van der Waals surface area contributed by atoms with Crippen molar-refractivity contribution in [2.45, 2.75) is 18.7 Å². The Bertz CT molecular complexity index is 1010. The van der Waals surface area contributed by atoms with Crippen LogP contribution in [0, 0.1) is 0 Å². The fourth-order valence-corrected chi connectivity index (χ4v) is 3.28. The number of aromatic carboxylic acids is 1. The number of benzene rings is 2. The molecule has 0 heterocycles. The van der Waals surface area contributed by atoms with Crippen LogP contribution in [-0.4, -0.2) is 47.5 Å². The van der Waals surface area contributed by atoms with Gasteiger partial charge in [0.15, 0.2) is 0 Å². The third kappa shape index (κ3) is 4.55. The number of carboxylic acid groups (broad SMARTS) is 1. The summed E-state index contributed by atoms with van der Waals surface area (Å²) in [7, 11) is -5.17. The molecule has 146 valence electrons. The van der Waals surface area contributed by atoms with Crippen LogP contribution in [0.3, 0.4) is 0 Å². The summed E-state index contributed by atoms with van der Waals surface area (Å²) in [4.78, 5) is 23.7. The molecule has 0 aromatic heterocycles. The highest BCUT2D eigenvalue weighted by molar-refractivity contribution is 7.85. The standard InChI is InChI=1S/C16H13F3O7S/c1-15(16(17,18)19,8-27(23,24)25)26-14(22)12-7-10-5-3-2-4-9(10)6-11(12)13(20)21/h2-7H,8H2,1H3,(H,20,21)(H,23,24,25). The number of alkyl halides is 3. The Balaban J connectivity index is 2.55. The van der Waals surface area contributed by atoms with Gasteiger partial charge < -0.3 is 9.84 Å². The first-order valence-corrected chi connectivity index (χ1v) is 8.86. The van der Waals surface area contributed by atoms with Crippen molar-refractivity contribution >= 4 is 32.8 Å². The fraction of sp³-hybridized carbons (Fsp3) is 0.250. The molecule has 0 saturated heterocycles. The summed E-state index contributed by atoms with van der Waals surface area (Å²) in [5, 5.41) is 10.0. The summed E-state index contributed by atoms with van der Waals surface area (Å²) >= 11 is 0. The highest BCUT2D eigenvalue weighted by Crippen LogP contribution is 2.36. The van der Waals surface area contributed by atoms with Crippen LogP contribution in [0.1, 0.15) is 27.6 Å². The zero-order chi connectivity index (χ0) is 20.6. The normalized spacial score (nSPS) is 14.6. The Morgan fingerprint density at radius 2 is 1.56 bits per heavy atom. The molecule has 0 saturated carbocycles. The van der Waals surface area contributed by atoms with Gasteiger partial charge >= 0.3 is 18.1 Å². The number of ether oxygens (including phenoxy) is 1. The third-order valence-corrected chi connectivity index (χ3v) is 4.63. The number of fused-ring (bicyclic) bond motifs is 1. The summed E-state index contributed by atoms with van der Waals surface area (Å²) in [5.74, 6) is -5.22. The average molecular weight is 406 g/mol. The molecule has 11 heteroatoms. The molecule has 0 radical (unpaired) electrons. The highest BCUT2D eigenvalue weighted by atomic mass is 32.2. The number of carbonyl (C=O) groups excluding carboxylic acids is 1. The van der Waals surface area contributed by atoms with Gasteiger partial charge in [0.25, 0.3) is 10.1 Å². The number of hydrogen-bond acceptors (Lipinski definition) is 5. The molecule has 2 aromatic rings. The monoisotopic (exact) mass is 406 g/mol. The largest absolute Gasteiger partial charge is 0.478 e. The van der Waals surface area contributed by atoms with Crippen LogP contribution in [-0.2, 0) is 14.9 Å². The van der Waals surface area contributed by atoms with Gasteiger partial charge in [-0.2, -0.15) is 21.6 Å². The first kappa shape index (κ1) is 20.6. The van der Waals surface area contributed by atoms with E-state index in [4.69, 9.17) is 4.55 Å². The first-order valence-electron chi connectivity index (χ1n) is 7.25. The molecular formula is C16H13F3O7S. The lowest BCUT2D eigenvalue weighted by Crippen LogP contribution is -2.51. The smallest absolute Gasteiger partial charge is 0.429 e. The first-order chi connectivity index (χ1) is 12.2. The minimum atomic E-state index is -5.35. The van der Waals surface area contributed by atoms with E-state index in [1.54, 1.807) is 12.1 Å². The SMILES string of the molecule is CC(CS(=O)(=O)O)(OC(=O)c1cc2ccccc2cc1C(=O)O)C(F)(F)F. The van der Waals surface area contributed by atoms with Crippen LogP contribution in [0.15, 0.2) is 36.4 Å². The van der Waals surface area contributed by atoms with Gasteiger partial charge in [0, 0.05) is 0 Å². The van der Waals surface area contributed by atoms with Gasteiger partial charge in [-0.1, -0.05) is 24.3 Å². The molecule has 1 atom stereocenters. The summed E-state index contributed by atoms with van der Waals surface area (Å²) in [6, 6.07) is 8.32. The second-order valence-corrected chi connectivity index (χ2v) is 7.35. The summed E-state index contributed by atoms with van der Waals surface area (Å²) in [6.45, 7) is 0.264. The van der Waals surface area contributed by atoms with E-state index in [0.29, 0.717) is 10.8 Å². The molecule has 1 unspecified atom stereocenters. The van der Waals surface area contributed by atoms with E-state index in [9.17, 15) is 36.3 Å². The van der Waals surface area contributed by atoms with Gasteiger partial charge in [0.1, 0.15) is 5.75 Å². The van der Waals surface area contributed by atoms with Gasteiger partial charge in [-0.05, 0) is 29.8 Å². The Morgan fingerprint density at radius 1 is 1.07 bits per heavy atom. The van der Waals surface area contributed by atoms with Gasteiger partial charge in [-0.3, -0.25) is 4.55 Å². The number of hydrogen-bond donors (Lipinski definition) is 2. The topological polar surface area (TPSA) is 118 Å². The molecule has 0 fully saturated rings. The Kier molecular flexibility index (Phi) is 5.21. The second-order valence-electron chi connectivity index (χ2n) is 5.89. The number of carboxylic acids is 1. The molecule has 0 aliphatic carbocycles. The third-order valence-electron chi connectivity index (χ3n) is 3.71. The average Bonchev–Trinajstić information content (AvgIpc) is 2.50. The quantitative estimate of drug-likeness (QED) is 0.579. The molecule has 2 aromatic carbocycles. The van der Waals surface area contributed by atoms with Crippen molar-refractivity contribution in [3.05, 3.63) is 47.5 Å². The summed E-state index contributed by atoms with van der Waals surface area (Å²) < 4.78 is 74.7. The van der Waals surface area contributed by atoms with Gasteiger partial charge in [-0.15, -0.1) is 0 Å². The maximum Gasteiger partial charge on any atom is 0.429 e. The fourth-order valence-electron chi connectivity index (χ4n) is 2.36. The number of rotatable bonds is 5. The van der Waals surface area contributed by atoms with E-state index in [1.165, 1.54) is 12.1 Å². The summed E-state index contributed by atoms with van der Waals surface area (Å²) in [6.07, 6.45) is -5.35. The van der Waals surface area contributed by atoms with Crippen molar-refractivity contribution in [3.8, 4) is 0 Å². The van der Waals surface area contributed by atoms with Crippen molar-refractivity contribution in [3.63, 3.8) is 0 Å². The Labute approximate surface area is 151 Å². The highest BCUT2D eigenvalue weighted by Gasteiger charge is 2.57. The number of halogens is 3. The lowest BCUT2D eigenvalue weighted by atomic mass is 10.0. The van der Waals surface area contributed by atoms with Crippen LogP contribution in [0.25, 0.3) is 10.8 Å². The molecule has 2 N–H and O–H groups in total. The molecule has 2 rings (SSSR count). The van der Waals surface area contributed by atoms with E-state index in [-0.39, 0.29) is 6.92 Å². The zero-order valence-corrected chi connectivity index (χ0v) is 14.5. The molecule has 0 spiro atoms. The second kappa shape index (κ2) is 6.82. The zero-order valence-electron chi connectivity index (χ0n) is 13.6. The minimum Gasteiger partial charge on any atom is -0.478 e. The molecule has 27 heavy (non-hydrogen) atoms. The van der Waals surface area contributed by atoms with Crippen LogP contribution >= 0.6 is 0 Å². The molecular weight excluding hydrogens is 393 g/mol. The molecule has 0 bridgehead atoms. The molecule has 7 nitrogen and oxygen atoms in total. The van der Waals surface area contributed by atoms with Crippen molar-refractivity contribution in [2.75, 3.05) is 5.75 Å². The summed E-state index contributed by atoms with van der Waals surface area (Å²) in [5.41, 5.74) is -4.89. The lowest BCUT2D eigenvalue weighted by molar-refractivity contribution is -0.243. The van der Waals surface area contributed by atoms with Crippen molar-refractivity contribution in [1.29, 1.82) is 0 Å². The number of carbonyl (C=O) groups is 2. The minimum absolute atomic E-state index is 0.264. The van der Waals surface area contributed by atoms with Gasteiger partial charge in [-0.25, -0.2) is 9.59 Å². The van der Waals surface area contributed by atoms with Crippen molar-refractivity contribution in [1.82, 2.24) is 0 Å². The Morgan fingerprint density at radius 3 is 1.96 bits per heavy atom. The Hall–Kier alpha value is -2.66. The van der Waals surface area contributed by atoms with E-state index in [2.05, 4.69) is 4.74 Å². The van der Waals surface area contributed by atoms with Crippen molar-refractivity contribution in [2.24, 2.45) is 0 Å². The lowest BCUT2D eigenvalue weighted by Gasteiger charge is -2.30. The van der Waals surface area contributed by atoms with Gasteiger partial charge in [0.05, 0.1) is 11.1 Å². The van der Waals surface area contributed by atoms with E-state index in [1.807, 2.05) is 0 Å². The maximum atomic E-state index is 13.3.